The predicted molar refractivity (Wildman–Crippen MR) is 105 cm³/mol. The third kappa shape index (κ3) is 4.10. The highest BCUT2D eigenvalue weighted by Gasteiger charge is 2.24. The summed E-state index contributed by atoms with van der Waals surface area (Å²) >= 11 is 0. The zero-order valence-corrected chi connectivity index (χ0v) is 16.4. The molecular formula is C21H29N5O. The Balaban J connectivity index is 1.31. The first-order valence-corrected chi connectivity index (χ1v) is 10.2. The molecule has 0 bridgehead atoms. The van der Waals surface area contributed by atoms with Crippen LogP contribution in [0, 0.1) is 19.8 Å². The van der Waals surface area contributed by atoms with Gasteiger partial charge in [-0.05, 0) is 64.6 Å². The number of likely N-dealkylation sites (tertiary alicyclic amines) is 1. The van der Waals surface area contributed by atoms with Gasteiger partial charge in [0.1, 0.15) is 5.82 Å². The molecular weight excluding hydrogens is 338 g/mol. The molecule has 0 amide bonds. The topological polar surface area (TPSA) is 63.9 Å². The summed E-state index contributed by atoms with van der Waals surface area (Å²) in [5.41, 5.74) is 2.84. The molecule has 1 aliphatic heterocycles. The Hall–Kier alpha value is -2.08. The normalized spacial score (nSPS) is 19.2. The van der Waals surface area contributed by atoms with E-state index in [0.29, 0.717) is 11.8 Å². The summed E-state index contributed by atoms with van der Waals surface area (Å²) in [6, 6.07) is 2.05. The number of piperidine rings is 1. The van der Waals surface area contributed by atoms with E-state index in [-0.39, 0.29) is 5.56 Å². The lowest BCUT2D eigenvalue weighted by molar-refractivity contribution is 0.164. The minimum atomic E-state index is 0.106. The number of rotatable bonds is 5. The lowest BCUT2D eigenvalue weighted by atomic mass is 9.85. The standard InChI is InChI=1S/C21H29N5O/c1-15-16(2)23-14-26(21(15)27)12-17-7-10-25(11-8-17)13-19-6-9-22-20(24-19)18-4-3-5-18/h6,9,14,17-18H,3-5,7-8,10-13H2,1-2H3. The van der Waals surface area contributed by atoms with Crippen LogP contribution in [0.2, 0.25) is 0 Å². The number of nitrogens with zero attached hydrogens (tertiary/aromatic N) is 5. The molecule has 1 saturated heterocycles. The predicted octanol–water partition coefficient (Wildman–Crippen LogP) is 2.83. The van der Waals surface area contributed by atoms with E-state index in [4.69, 9.17) is 4.98 Å². The first-order chi connectivity index (χ1) is 13.1. The van der Waals surface area contributed by atoms with Crippen molar-refractivity contribution in [3.63, 3.8) is 0 Å². The summed E-state index contributed by atoms with van der Waals surface area (Å²) in [5, 5.41) is 0. The second-order valence-corrected chi connectivity index (χ2v) is 8.17. The van der Waals surface area contributed by atoms with E-state index in [9.17, 15) is 4.79 Å². The Morgan fingerprint density at radius 2 is 1.89 bits per heavy atom. The van der Waals surface area contributed by atoms with Gasteiger partial charge < -0.3 is 0 Å². The van der Waals surface area contributed by atoms with Crippen LogP contribution in [0.25, 0.3) is 0 Å². The van der Waals surface area contributed by atoms with Crippen molar-refractivity contribution < 1.29 is 0 Å². The van der Waals surface area contributed by atoms with E-state index in [1.807, 2.05) is 20.0 Å². The summed E-state index contributed by atoms with van der Waals surface area (Å²) in [6.07, 6.45) is 9.63. The van der Waals surface area contributed by atoms with Crippen LogP contribution in [0.15, 0.2) is 23.4 Å². The zero-order chi connectivity index (χ0) is 18.8. The Labute approximate surface area is 160 Å². The fourth-order valence-corrected chi connectivity index (χ4v) is 4.00. The molecule has 3 heterocycles. The summed E-state index contributed by atoms with van der Waals surface area (Å²) in [7, 11) is 0. The summed E-state index contributed by atoms with van der Waals surface area (Å²) in [6.45, 7) is 7.55. The maximum atomic E-state index is 12.4. The summed E-state index contributed by atoms with van der Waals surface area (Å²) in [4.78, 5) is 28.5. The smallest absolute Gasteiger partial charge is 0.256 e. The third-order valence-electron chi connectivity index (χ3n) is 6.26. The third-order valence-corrected chi connectivity index (χ3v) is 6.26. The van der Waals surface area contributed by atoms with Gasteiger partial charge in [0.05, 0.1) is 12.0 Å². The van der Waals surface area contributed by atoms with Crippen LogP contribution in [0.4, 0.5) is 0 Å². The molecule has 27 heavy (non-hydrogen) atoms. The monoisotopic (exact) mass is 367 g/mol. The Bertz CT molecular complexity index is 850. The van der Waals surface area contributed by atoms with Gasteiger partial charge in [0.25, 0.3) is 5.56 Å². The van der Waals surface area contributed by atoms with E-state index in [0.717, 1.165) is 61.8 Å². The molecule has 2 aromatic heterocycles. The van der Waals surface area contributed by atoms with Crippen LogP contribution in [0.1, 0.15) is 60.8 Å². The van der Waals surface area contributed by atoms with Crippen LogP contribution in [0.5, 0.6) is 0 Å². The molecule has 6 heteroatoms. The van der Waals surface area contributed by atoms with Gasteiger partial charge in [0, 0.05) is 36.5 Å². The minimum Gasteiger partial charge on any atom is -0.299 e. The van der Waals surface area contributed by atoms with Crippen LogP contribution in [-0.4, -0.2) is 37.5 Å². The van der Waals surface area contributed by atoms with Gasteiger partial charge in [0.15, 0.2) is 0 Å². The van der Waals surface area contributed by atoms with Crippen molar-refractivity contribution in [1.29, 1.82) is 0 Å². The highest BCUT2D eigenvalue weighted by atomic mass is 16.1. The quantitative estimate of drug-likeness (QED) is 0.813. The number of hydrogen-bond donors (Lipinski definition) is 0. The van der Waals surface area contributed by atoms with E-state index in [2.05, 4.69) is 20.9 Å². The minimum absolute atomic E-state index is 0.106. The fourth-order valence-electron chi connectivity index (χ4n) is 4.00. The zero-order valence-electron chi connectivity index (χ0n) is 16.4. The van der Waals surface area contributed by atoms with Crippen LogP contribution >= 0.6 is 0 Å². The number of aryl methyl sites for hydroxylation is 1. The molecule has 1 aliphatic carbocycles. The van der Waals surface area contributed by atoms with Crippen LogP contribution in [0.3, 0.4) is 0 Å². The van der Waals surface area contributed by atoms with E-state index in [1.54, 1.807) is 10.9 Å². The molecule has 6 nitrogen and oxygen atoms in total. The van der Waals surface area contributed by atoms with Crippen molar-refractivity contribution in [2.24, 2.45) is 5.92 Å². The first kappa shape index (κ1) is 18.3. The molecule has 0 radical (unpaired) electrons. The van der Waals surface area contributed by atoms with Crippen LogP contribution in [-0.2, 0) is 13.1 Å². The second-order valence-electron chi connectivity index (χ2n) is 8.17. The van der Waals surface area contributed by atoms with E-state index in [1.165, 1.54) is 19.3 Å². The lowest BCUT2D eigenvalue weighted by Crippen LogP contribution is -2.36. The average Bonchev–Trinajstić information content (AvgIpc) is 2.63. The fraction of sp³-hybridized carbons (Fsp3) is 0.619. The van der Waals surface area contributed by atoms with E-state index < -0.39 is 0 Å². The van der Waals surface area contributed by atoms with Crippen LogP contribution < -0.4 is 5.56 Å². The molecule has 2 fully saturated rings. The van der Waals surface area contributed by atoms with Crippen molar-refractivity contribution in [1.82, 2.24) is 24.4 Å². The van der Waals surface area contributed by atoms with Gasteiger partial charge >= 0.3 is 0 Å². The van der Waals surface area contributed by atoms with Gasteiger partial charge in [-0.15, -0.1) is 0 Å². The Morgan fingerprint density at radius 3 is 2.59 bits per heavy atom. The van der Waals surface area contributed by atoms with Crippen molar-refractivity contribution in [2.45, 2.75) is 65.0 Å². The van der Waals surface area contributed by atoms with Gasteiger partial charge in [-0.3, -0.25) is 14.3 Å². The number of hydrogen-bond acceptors (Lipinski definition) is 5. The highest BCUT2D eigenvalue weighted by molar-refractivity contribution is 5.12. The van der Waals surface area contributed by atoms with Gasteiger partial charge in [-0.2, -0.15) is 0 Å². The lowest BCUT2D eigenvalue weighted by Gasteiger charge is -2.32. The molecule has 0 aromatic carbocycles. The summed E-state index contributed by atoms with van der Waals surface area (Å²) in [5.74, 6) is 2.16. The molecule has 0 N–H and O–H groups in total. The maximum Gasteiger partial charge on any atom is 0.256 e. The molecule has 2 aliphatic rings. The van der Waals surface area contributed by atoms with Crippen molar-refractivity contribution in [3.8, 4) is 0 Å². The molecule has 0 unspecified atom stereocenters. The Morgan fingerprint density at radius 1 is 1.11 bits per heavy atom. The van der Waals surface area contributed by atoms with Gasteiger partial charge in [0.2, 0.25) is 0 Å². The molecule has 144 valence electrons. The van der Waals surface area contributed by atoms with Gasteiger partial charge in [-0.1, -0.05) is 6.42 Å². The van der Waals surface area contributed by atoms with Crippen molar-refractivity contribution >= 4 is 0 Å². The SMILES string of the molecule is Cc1ncn(CC2CCN(Cc3ccnc(C4CCC4)n3)CC2)c(=O)c1C. The highest BCUT2D eigenvalue weighted by Crippen LogP contribution is 2.34. The maximum absolute atomic E-state index is 12.4. The second kappa shape index (κ2) is 7.89. The summed E-state index contributed by atoms with van der Waals surface area (Å²) < 4.78 is 1.79. The van der Waals surface area contributed by atoms with E-state index >= 15 is 0 Å². The first-order valence-electron chi connectivity index (χ1n) is 10.2. The van der Waals surface area contributed by atoms with Gasteiger partial charge in [-0.25, -0.2) is 15.0 Å². The molecule has 1 saturated carbocycles. The molecule has 4 rings (SSSR count). The molecule has 2 aromatic rings. The van der Waals surface area contributed by atoms with Crippen molar-refractivity contribution in [3.05, 3.63) is 51.7 Å². The molecule has 0 atom stereocenters. The Kier molecular flexibility index (Phi) is 5.34. The van der Waals surface area contributed by atoms with Crippen molar-refractivity contribution in [2.75, 3.05) is 13.1 Å². The number of aromatic nitrogens is 4. The average molecular weight is 367 g/mol. The largest absolute Gasteiger partial charge is 0.299 e. The molecule has 0 spiro atoms.